The Bertz CT molecular complexity index is 707. The zero-order valence-electron chi connectivity index (χ0n) is 12.6. The molecule has 2 heterocycles. The van der Waals surface area contributed by atoms with Crippen molar-refractivity contribution >= 4 is 17.9 Å². The molecule has 0 amide bonds. The Balaban J connectivity index is 2.20. The summed E-state index contributed by atoms with van der Waals surface area (Å²) in [6.07, 6.45) is 2.42. The van der Waals surface area contributed by atoms with Crippen molar-refractivity contribution in [3.05, 3.63) is 41.5 Å². The minimum atomic E-state index is -3.18. The largest absolute Gasteiger partial charge is 0.399 e. The van der Waals surface area contributed by atoms with Gasteiger partial charge in [-0.05, 0) is 19.1 Å². The molecule has 0 fully saturated rings. The maximum Gasteiger partial charge on any atom is 0.306 e. The van der Waals surface area contributed by atoms with Gasteiger partial charge in [0.25, 0.3) is 0 Å². The molecule has 0 atom stereocenters. The molecule has 0 aliphatic rings. The van der Waals surface area contributed by atoms with Crippen molar-refractivity contribution in [2.24, 2.45) is 5.16 Å². The molecule has 9 heteroatoms. The number of aromatic nitrogens is 3. The van der Waals surface area contributed by atoms with E-state index in [1.54, 1.807) is 13.0 Å². The number of nitrogen functional groups attached to an aromatic ring is 1. The van der Waals surface area contributed by atoms with Crippen LogP contribution < -0.4 is 11.1 Å². The fraction of sp³-hybridized carbons (Fsp3) is 0.286. The number of rotatable bonds is 6. The molecular weight excluding hydrogens is 306 g/mol. The first-order valence-corrected chi connectivity index (χ1v) is 6.67. The zero-order chi connectivity index (χ0) is 16.9. The number of anilines is 2. The lowest BCUT2D eigenvalue weighted by Crippen LogP contribution is -2.27. The minimum Gasteiger partial charge on any atom is -0.399 e. The molecule has 0 aliphatic heterocycles. The first-order valence-electron chi connectivity index (χ1n) is 6.67. The topological polar surface area (TPSA) is 98.3 Å². The monoisotopic (exact) mass is 322 g/mol. The second kappa shape index (κ2) is 6.95. The number of nitrogens with zero attached hydrogens (tertiary/aromatic N) is 4. The van der Waals surface area contributed by atoms with Gasteiger partial charge in [0.05, 0.1) is 18.3 Å². The van der Waals surface area contributed by atoms with Gasteiger partial charge in [0.1, 0.15) is 30.8 Å². The van der Waals surface area contributed by atoms with Crippen molar-refractivity contribution in [1.82, 2.24) is 15.0 Å². The van der Waals surface area contributed by atoms with Crippen molar-refractivity contribution in [3.63, 3.8) is 0 Å². The van der Waals surface area contributed by atoms with Crippen molar-refractivity contribution < 1.29 is 13.6 Å². The van der Waals surface area contributed by atoms with Gasteiger partial charge >= 0.3 is 5.92 Å². The molecule has 0 bridgehead atoms. The molecule has 7 nitrogen and oxygen atoms in total. The fourth-order valence-corrected chi connectivity index (χ4v) is 1.81. The van der Waals surface area contributed by atoms with Crippen LogP contribution in [0.25, 0.3) is 0 Å². The molecule has 0 aromatic carbocycles. The van der Waals surface area contributed by atoms with E-state index in [0.717, 1.165) is 0 Å². The van der Waals surface area contributed by atoms with E-state index in [9.17, 15) is 8.78 Å². The third kappa shape index (κ3) is 4.09. The minimum absolute atomic E-state index is 0.0975. The second-order valence-corrected chi connectivity index (χ2v) is 4.66. The van der Waals surface area contributed by atoms with Crippen LogP contribution in [0.5, 0.6) is 0 Å². The van der Waals surface area contributed by atoms with E-state index in [1.165, 1.54) is 31.8 Å². The van der Waals surface area contributed by atoms with Gasteiger partial charge in [-0.1, -0.05) is 11.2 Å². The Hall–Kier alpha value is -2.84. The van der Waals surface area contributed by atoms with Gasteiger partial charge in [-0.15, -0.1) is 0 Å². The number of nitrogens with two attached hydrogens (primary N) is 1. The normalized spacial score (nSPS) is 11.7. The third-order valence-corrected chi connectivity index (χ3v) is 2.94. The zero-order valence-corrected chi connectivity index (χ0v) is 12.6. The van der Waals surface area contributed by atoms with Crippen molar-refractivity contribution in [2.75, 3.05) is 24.7 Å². The van der Waals surface area contributed by atoms with Gasteiger partial charge in [-0.3, -0.25) is 4.98 Å². The van der Waals surface area contributed by atoms with Crippen LogP contribution in [-0.4, -0.2) is 34.8 Å². The number of oxime groups is 1. The Morgan fingerprint density at radius 1 is 1.39 bits per heavy atom. The Labute approximate surface area is 131 Å². The first-order chi connectivity index (χ1) is 10.9. The fourth-order valence-electron chi connectivity index (χ4n) is 1.81. The molecule has 122 valence electrons. The Morgan fingerprint density at radius 2 is 2.17 bits per heavy atom. The molecule has 2 rings (SSSR count). The summed E-state index contributed by atoms with van der Waals surface area (Å²) in [7, 11) is 1.35. The van der Waals surface area contributed by atoms with Gasteiger partial charge in [0.15, 0.2) is 0 Å². The van der Waals surface area contributed by atoms with Crippen LogP contribution in [0.1, 0.15) is 17.0 Å². The highest BCUT2D eigenvalue weighted by molar-refractivity contribution is 5.91. The summed E-state index contributed by atoms with van der Waals surface area (Å²) < 4.78 is 28.5. The van der Waals surface area contributed by atoms with E-state index in [4.69, 9.17) is 5.73 Å². The van der Waals surface area contributed by atoms with E-state index >= 15 is 0 Å². The van der Waals surface area contributed by atoms with Crippen molar-refractivity contribution in [2.45, 2.75) is 12.8 Å². The lowest BCUT2D eigenvalue weighted by atomic mass is 10.2. The van der Waals surface area contributed by atoms with Gasteiger partial charge in [-0.2, -0.15) is 8.78 Å². The highest BCUT2D eigenvalue weighted by Crippen LogP contribution is 2.27. The van der Waals surface area contributed by atoms with Crippen LogP contribution >= 0.6 is 0 Å². The van der Waals surface area contributed by atoms with E-state index in [1.807, 2.05) is 0 Å². The van der Waals surface area contributed by atoms with E-state index < -0.39 is 12.5 Å². The van der Waals surface area contributed by atoms with E-state index in [-0.39, 0.29) is 22.9 Å². The summed E-state index contributed by atoms with van der Waals surface area (Å²) in [6, 6.07) is 4.46. The lowest BCUT2D eigenvalue weighted by Gasteiger charge is -2.18. The van der Waals surface area contributed by atoms with E-state index in [2.05, 4.69) is 30.3 Å². The third-order valence-electron chi connectivity index (χ3n) is 2.94. The van der Waals surface area contributed by atoms with Gasteiger partial charge < -0.3 is 15.9 Å². The molecule has 2 aromatic heterocycles. The molecule has 0 spiro atoms. The van der Waals surface area contributed by atoms with Gasteiger partial charge in [0.2, 0.25) is 0 Å². The van der Waals surface area contributed by atoms with Crippen molar-refractivity contribution in [3.8, 4) is 0 Å². The number of alkyl halides is 2. The summed E-state index contributed by atoms with van der Waals surface area (Å²) in [5.41, 5.74) is 6.16. The maximum atomic E-state index is 14.2. The summed E-state index contributed by atoms with van der Waals surface area (Å²) in [5, 5.41) is 6.11. The van der Waals surface area contributed by atoms with Gasteiger partial charge in [0, 0.05) is 5.69 Å². The van der Waals surface area contributed by atoms with Crippen LogP contribution in [0.3, 0.4) is 0 Å². The summed E-state index contributed by atoms with van der Waals surface area (Å²) in [6.45, 7) is 0.950. The SMILES string of the molecule is CON=Cc1c(N)ncnc1NCC(F)(F)c1cccc(C)n1. The number of hydrogen-bond donors (Lipinski definition) is 2. The molecule has 0 saturated heterocycles. The van der Waals surface area contributed by atoms with Crippen LogP contribution in [0.15, 0.2) is 29.7 Å². The molecule has 3 N–H and O–H groups in total. The second-order valence-electron chi connectivity index (χ2n) is 4.66. The van der Waals surface area contributed by atoms with Crippen molar-refractivity contribution in [1.29, 1.82) is 0 Å². The average molecular weight is 322 g/mol. The molecule has 23 heavy (non-hydrogen) atoms. The molecule has 0 aliphatic carbocycles. The van der Waals surface area contributed by atoms with Crippen LogP contribution in [0.4, 0.5) is 20.4 Å². The number of halogens is 2. The quantitative estimate of drug-likeness (QED) is 0.623. The molecule has 0 radical (unpaired) electrons. The predicted octanol–water partition coefficient (Wildman–Crippen LogP) is 1.95. The van der Waals surface area contributed by atoms with Crippen LogP contribution in [0, 0.1) is 6.92 Å². The Morgan fingerprint density at radius 3 is 2.87 bits per heavy atom. The first kappa shape index (κ1) is 16.5. The number of hydrogen-bond acceptors (Lipinski definition) is 7. The number of nitrogens with one attached hydrogen (secondary N) is 1. The van der Waals surface area contributed by atoms with Crippen LogP contribution in [-0.2, 0) is 10.8 Å². The smallest absolute Gasteiger partial charge is 0.306 e. The lowest BCUT2D eigenvalue weighted by molar-refractivity contribution is 0.00577. The molecule has 0 saturated carbocycles. The summed E-state index contributed by atoms with van der Waals surface area (Å²) >= 11 is 0. The maximum absolute atomic E-state index is 14.2. The molecule has 2 aromatic rings. The highest BCUT2D eigenvalue weighted by atomic mass is 19.3. The number of aryl methyl sites for hydroxylation is 1. The van der Waals surface area contributed by atoms with Crippen LogP contribution in [0.2, 0.25) is 0 Å². The Kier molecular flexibility index (Phi) is 4.99. The average Bonchev–Trinajstić information content (AvgIpc) is 2.52. The summed E-state index contributed by atoms with van der Waals surface area (Å²) in [5.74, 6) is -2.95. The standard InChI is InChI=1S/C14H16F2N6O/c1-9-4-3-5-11(22-9)14(15,16)7-18-13-10(6-21-23-2)12(17)19-8-20-13/h3-6,8H,7H2,1-2H3,(H3,17,18,19,20). The summed E-state index contributed by atoms with van der Waals surface area (Å²) in [4.78, 5) is 16.1. The number of pyridine rings is 1. The van der Waals surface area contributed by atoms with Gasteiger partial charge in [-0.25, -0.2) is 9.97 Å². The predicted molar refractivity (Wildman–Crippen MR) is 82.4 cm³/mol. The molecule has 0 unspecified atom stereocenters. The van der Waals surface area contributed by atoms with E-state index in [0.29, 0.717) is 5.69 Å². The molecular formula is C14H16F2N6O. The highest BCUT2D eigenvalue weighted by Gasteiger charge is 2.33.